The van der Waals surface area contributed by atoms with Gasteiger partial charge in [0.2, 0.25) is 5.69 Å². The van der Waals surface area contributed by atoms with Crippen molar-refractivity contribution in [3.05, 3.63) is 78.9 Å². The summed E-state index contributed by atoms with van der Waals surface area (Å²) >= 11 is 0. The van der Waals surface area contributed by atoms with Gasteiger partial charge in [-0.3, -0.25) is 0 Å². The summed E-state index contributed by atoms with van der Waals surface area (Å²) in [6.45, 7) is 2.16. The van der Waals surface area contributed by atoms with Crippen LogP contribution in [0.15, 0.2) is 73.3 Å². The Kier molecular flexibility index (Phi) is 3.54. The molecule has 0 aliphatic carbocycles. The molecule has 0 aliphatic rings. The zero-order chi connectivity index (χ0) is 16.5. The van der Waals surface area contributed by atoms with E-state index in [1.165, 1.54) is 27.6 Å². The van der Waals surface area contributed by atoms with E-state index in [-0.39, 0.29) is 0 Å². The summed E-state index contributed by atoms with van der Waals surface area (Å²) in [6, 6.07) is 19.0. The average molecular weight is 312 g/mol. The van der Waals surface area contributed by atoms with E-state index >= 15 is 0 Å². The van der Waals surface area contributed by atoms with Crippen molar-refractivity contribution < 1.29 is 4.57 Å². The number of hydrogen-bond donors (Lipinski definition) is 0. The standard InChI is InChI=1S/C21H18N3/c1-15-6-3-4-7-16(15)21-19-9-5-8-18(17(19)11-13-24(21)2)20-10-12-22-14-23-20/h3-14H,1-2H3/q+1. The minimum absolute atomic E-state index is 0.945. The molecule has 2 aromatic heterocycles. The van der Waals surface area contributed by atoms with Gasteiger partial charge in [0.15, 0.2) is 6.20 Å². The number of rotatable bonds is 2. The summed E-state index contributed by atoms with van der Waals surface area (Å²) in [5, 5.41) is 2.43. The molecule has 3 heteroatoms. The Morgan fingerprint density at radius 2 is 1.67 bits per heavy atom. The molecular formula is C21H18N3+. The maximum absolute atomic E-state index is 4.42. The molecular weight excluding hydrogens is 294 g/mol. The van der Waals surface area contributed by atoms with Crippen molar-refractivity contribution in [2.75, 3.05) is 0 Å². The fourth-order valence-electron chi connectivity index (χ4n) is 3.25. The van der Waals surface area contributed by atoms with Crippen molar-refractivity contribution in [1.82, 2.24) is 9.97 Å². The van der Waals surface area contributed by atoms with Crippen LogP contribution in [0.4, 0.5) is 0 Å². The largest absolute Gasteiger partial charge is 0.245 e. The van der Waals surface area contributed by atoms with E-state index in [0.717, 1.165) is 11.3 Å². The van der Waals surface area contributed by atoms with Crippen LogP contribution in [-0.2, 0) is 7.05 Å². The van der Waals surface area contributed by atoms with Crippen LogP contribution in [0.5, 0.6) is 0 Å². The molecule has 0 unspecified atom stereocenters. The Morgan fingerprint density at radius 3 is 2.46 bits per heavy atom. The van der Waals surface area contributed by atoms with Gasteiger partial charge in [0, 0.05) is 28.8 Å². The molecule has 0 N–H and O–H groups in total. The normalized spacial score (nSPS) is 10.9. The zero-order valence-corrected chi connectivity index (χ0v) is 13.8. The molecule has 0 radical (unpaired) electrons. The first kappa shape index (κ1) is 14.5. The molecule has 4 rings (SSSR count). The van der Waals surface area contributed by atoms with Gasteiger partial charge in [-0.25, -0.2) is 14.5 Å². The van der Waals surface area contributed by atoms with Crippen molar-refractivity contribution in [3.8, 4) is 22.5 Å². The third-order valence-electron chi connectivity index (χ3n) is 4.44. The highest BCUT2D eigenvalue weighted by Crippen LogP contribution is 2.32. The average Bonchev–Trinajstić information content (AvgIpc) is 2.63. The molecule has 2 aromatic carbocycles. The lowest BCUT2D eigenvalue weighted by atomic mass is 9.96. The van der Waals surface area contributed by atoms with E-state index in [4.69, 9.17) is 0 Å². The molecule has 24 heavy (non-hydrogen) atoms. The second kappa shape index (κ2) is 5.85. The summed E-state index contributed by atoms with van der Waals surface area (Å²) in [5.74, 6) is 0. The Hall–Kier alpha value is -3.07. The second-order valence-corrected chi connectivity index (χ2v) is 5.95. The van der Waals surface area contributed by atoms with E-state index < -0.39 is 0 Å². The van der Waals surface area contributed by atoms with E-state index in [9.17, 15) is 0 Å². The summed E-state index contributed by atoms with van der Waals surface area (Å²) in [5.41, 5.74) is 5.82. The van der Waals surface area contributed by atoms with E-state index in [1.54, 1.807) is 12.5 Å². The smallest absolute Gasteiger partial charge is 0.220 e. The molecule has 0 fully saturated rings. The van der Waals surface area contributed by atoms with Crippen molar-refractivity contribution in [2.24, 2.45) is 7.05 Å². The quantitative estimate of drug-likeness (QED) is 0.522. The van der Waals surface area contributed by atoms with Crippen LogP contribution in [0.2, 0.25) is 0 Å². The fourth-order valence-corrected chi connectivity index (χ4v) is 3.25. The lowest BCUT2D eigenvalue weighted by Crippen LogP contribution is -2.30. The first-order valence-corrected chi connectivity index (χ1v) is 7.99. The summed E-state index contributed by atoms with van der Waals surface area (Å²) in [7, 11) is 2.10. The molecule has 0 amide bonds. The van der Waals surface area contributed by atoms with Crippen molar-refractivity contribution in [2.45, 2.75) is 6.92 Å². The third kappa shape index (κ3) is 2.35. The van der Waals surface area contributed by atoms with Crippen molar-refractivity contribution in [3.63, 3.8) is 0 Å². The Balaban J connectivity index is 2.06. The molecule has 0 spiro atoms. The van der Waals surface area contributed by atoms with Crippen molar-refractivity contribution in [1.29, 1.82) is 0 Å². The first-order chi connectivity index (χ1) is 11.8. The minimum atomic E-state index is 0.945. The van der Waals surface area contributed by atoms with E-state index in [0.29, 0.717) is 0 Å². The van der Waals surface area contributed by atoms with Gasteiger partial charge in [-0.05, 0) is 30.7 Å². The molecule has 116 valence electrons. The summed E-state index contributed by atoms with van der Waals surface area (Å²) in [4.78, 5) is 8.45. The second-order valence-electron chi connectivity index (χ2n) is 5.95. The molecule has 0 saturated heterocycles. The highest BCUT2D eigenvalue weighted by atomic mass is 14.9. The SMILES string of the molecule is Cc1ccccc1-c1c2cccc(-c3ccncn3)c2cc[n+]1C. The predicted octanol–water partition coefficient (Wildman–Crippen LogP) is 4.10. The number of nitrogens with zero attached hydrogens (tertiary/aromatic N) is 3. The van der Waals surface area contributed by atoms with Crippen molar-refractivity contribution >= 4 is 10.8 Å². The van der Waals surface area contributed by atoms with E-state index in [2.05, 4.69) is 83.2 Å². The maximum atomic E-state index is 4.42. The highest BCUT2D eigenvalue weighted by molar-refractivity contribution is 6.01. The number of pyridine rings is 1. The highest BCUT2D eigenvalue weighted by Gasteiger charge is 2.18. The van der Waals surface area contributed by atoms with Gasteiger partial charge in [0.25, 0.3) is 0 Å². The van der Waals surface area contributed by atoms with Crippen LogP contribution in [0, 0.1) is 6.92 Å². The van der Waals surface area contributed by atoms with Gasteiger partial charge >= 0.3 is 0 Å². The van der Waals surface area contributed by atoms with Crippen LogP contribution in [-0.4, -0.2) is 9.97 Å². The summed E-state index contributed by atoms with van der Waals surface area (Å²) < 4.78 is 2.19. The van der Waals surface area contributed by atoms with Crippen LogP contribution in [0.3, 0.4) is 0 Å². The Bertz CT molecular complexity index is 1020. The molecule has 0 atom stereocenters. The first-order valence-electron chi connectivity index (χ1n) is 7.99. The lowest BCUT2D eigenvalue weighted by molar-refractivity contribution is -0.659. The number of benzene rings is 2. The van der Waals surface area contributed by atoms with E-state index in [1.807, 2.05) is 6.07 Å². The molecule has 2 heterocycles. The lowest BCUT2D eigenvalue weighted by Gasteiger charge is -2.10. The molecule has 0 aliphatic heterocycles. The number of aromatic nitrogens is 3. The Labute approximate surface area is 141 Å². The molecule has 0 bridgehead atoms. The van der Waals surface area contributed by atoms with Crippen LogP contribution >= 0.6 is 0 Å². The Morgan fingerprint density at radius 1 is 0.833 bits per heavy atom. The van der Waals surface area contributed by atoms with Gasteiger partial charge in [0.05, 0.1) is 11.1 Å². The van der Waals surface area contributed by atoms with Gasteiger partial charge in [-0.1, -0.05) is 30.3 Å². The zero-order valence-electron chi connectivity index (χ0n) is 13.8. The predicted molar refractivity (Wildman–Crippen MR) is 96.3 cm³/mol. The van der Waals surface area contributed by atoms with Gasteiger partial charge < -0.3 is 0 Å². The van der Waals surface area contributed by atoms with Crippen LogP contribution in [0.25, 0.3) is 33.3 Å². The monoisotopic (exact) mass is 312 g/mol. The van der Waals surface area contributed by atoms with Crippen LogP contribution in [0.1, 0.15) is 5.56 Å². The molecule has 3 nitrogen and oxygen atoms in total. The number of fused-ring (bicyclic) bond motifs is 1. The topological polar surface area (TPSA) is 29.7 Å². The molecule has 4 aromatic rings. The van der Waals surface area contributed by atoms with Crippen LogP contribution < -0.4 is 4.57 Å². The van der Waals surface area contributed by atoms with Gasteiger partial charge in [-0.2, -0.15) is 0 Å². The summed E-state index contributed by atoms with van der Waals surface area (Å²) in [6.07, 6.45) is 5.50. The number of aryl methyl sites for hydroxylation is 2. The fraction of sp³-hybridized carbons (Fsp3) is 0.0952. The minimum Gasteiger partial charge on any atom is -0.245 e. The van der Waals surface area contributed by atoms with Gasteiger partial charge in [0.1, 0.15) is 13.4 Å². The third-order valence-corrected chi connectivity index (χ3v) is 4.44. The molecule has 0 saturated carbocycles. The number of hydrogen-bond acceptors (Lipinski definition) is 2. The van der Waals surface area contributed by atoms with Gasteiger partial charge in [-0.15, -0.1) is 0 Å². The maximum Gasteiger partial charge on any atom is 0.220 e.